The van der Waals surface area contributed by atoms with Gasteiger partial charge in [-0.3, -0.25) is 101 Å². The van der Waals surface area contributed by atoms with Crippen LogP contribution >= 0.6 is 0 Å². The number of nitrogens with zero attached hydrogens (tertiary/aromatic N) is 6. The lowest BCUT2D eigenvalue weighted by Crippen LogP contribution is -2.58. The van der Waals surface area contributed by atoms with Crippen molar-refractivity contribution in [3.05, 3.63) is 140 Å². The highest BCUT2D eigenvalue weighted by Gasteiger charge is 2.38. The molecule has 7 rings (SSSR count). The number of carboxylic acid groups (broad SMARTS) is 10. The van der Waals surface area contributed by atoms with Crippen LogP contribution in [0.2, 0.25) is 0 Å². The van der Waals surface area contributed by atoms with E-state index in [1.807, 2.05) is 31.9 Å². The second-order valence-corrected chi connectivity index (χ2v) is 30.1. The van der Waals surface area contributed by atoms with Gasteiger partial charge in [-0.05, 0) is 131 Å². The molecular formula is C81H95FN24O33. The van der Waals surface area contributed by atoms with Gasteiger partial charge in [0.05, 0.1) is 75.4 Å². The molecule has 0 bridgehead atoms. The zero-order chi connectivity index (χ0) is 103. The molecule has 0 aliphatic heterocycles. The van der Waals surface area contributed by atoms with Crippen LogP contribution in [-0.4, -0.2) is 289 Å². The quantitative estimate of drug-likeness (QED) is 0.0158. The Morgan fingerprint density at radius 2 is 0.619 bits per heavy atom. The molecule has 7 aromatic rings. The molecule has 0 fully saturated rings. The van der Waals surface area contributed by atoms with Gasteiger partial charge in [0, 0.05) is 47.5 Å². The van der Waals surface area contributed by atoms with E-state index in [0.29, 0.717) is 29.2 Å². The molecule has 10 unspecified atom stereocenters. The fourth-order valence-corrected chi connectivity index (χ4v) is 12.4. The number of H-pyrrole nitrogens is 2. The van der Waals surface area contributed by atoms with Crippen LogP contribution in [0.5, 0.6) is 0 Å². The number of hydrogen-bond acceptors (Lipinski definition) is 34. The minimum absolute atomic E-state index is 0.00258. The number of unbranched alkanes of at least 4 members (excludes halogenated alkanes) is 2. The summed E-state index contributed by atoms with van der Waals surface area (Å²) >= 11 is 0. The SMILES string of the molecule is NCCCCC(NC(=O)C(CC(=O)O)NC(=O)C(CC(=O)O)NC(=O)C(CC(=O)O)NC(=O)CCC(NC(=O)c1ccc(NCc2cnc3nc(N)[nH]c(=O)c3n2)cc1)C(=O)O)C(=O)O.Nc1nc2ncc(CNc3ccc(C(=O)NC(CCC(=O)NC(CC(=O)O)C(=O)NC(CC(=O)O)C(=O)NC(CC(=O)O)C(=O)NC(CCCCNC(=O)c4ccc(F)cc4)C(=O)O)C(=O)O)cc3)nc2c(=O)[nH]1. The Morgan fingerprint density at radius 3 is 0.921 bits per heavy atom. The third kappa shape index (κ3) is 37.6. The van der Waals surface area contributed by atoms with Gasteiger partial charge in [-0.2, -0.15) is 9.97 Å². The van der Waals surface area contributed by atoms with Crippen LogP contribution < -0.4 is 97.4 Å². The van der Waals surface area contributed by atoms with Crippen LogP contribution in [0.4, 0.5) is 27.7 Å². The number of nitrogens with two attached hydrogens (primary N) is 3. The number of carbonyl (C=O) groups is 21. The topological polar surface area (TPSA) is 938 Å². The van der Waals surface area contributed by atoms with Gasteiger partial charge in [0.25, 0.3) is 28.8 Å². The van der Waals surface area contributed by atoms with Crippen LogP contribution in [0.1, 0.15) is 145 Å². The van der Waals surface area contributed by atoms with Crippen molar-refractivity contribution in [3.8, 4) is 0 Å². The van der Waals surface area contributed by atoms with Gasteiger partial charge in [-0.1, -0.05) is 0 Å². The van der Waals surface area contributed by atoms with Crippen molar-refractivity contribution >= 4 is 170 Å². The Balaban J connectivity index is 0.000000430. The summed E-state index contributed by atoms with van der Waals surface area (Å²) in [4.78, 5) is 314. The second-order valence-electron chi connectivity index (χ2n) is 30.1. The first kappa shape index (κ1) is 110. The Bertz CT molecular complexity index is 5870. The smallest absolute Gasteiger partial charge is 0.326 e. The van der Waals surface area contributed by atoms with Gasteiger partial charge in [0.15, 0.2) is 22.3 Å². The first-order valence-corrected chi connectivity index (χ1v) is 41.4. The molecule has 0 saturated heterocycles. The number of halogens is 1. The molecule has 0 aliphatic rings. The first-order chi connectivity index (χ1) is 65.6. The third-order valence-corrected chi connectivity index (χ3v) is 19.3. The zero-order valence-corrected chi connectivity index (χ0v) is 72.7. The number of nitrogen functional groups attached to an aromatic ring is 2. The first-order valence-electron chi connectivity index (χ1n) is 41.4. The molecule has 744 valence electrons. The Labute approximate surface area is 778 Å². The molecule has 4 heterocycles. The summed E-state index contributed by atoms with van der Waals surface area (Å²) in [5, 5.41) is 124. The molecule has 0 spiro atoms. The molecule has 10 atom stereocenters. The van der Waals surface area contributed by atoms with E-state index >= 15 is 0 Å². The summed E-state index contributed by atoms with van der Waals surface area (Å²) in [5.41, 5.74) is 17.1. The standard InChI is InChI=1S/C44H49FN12O17.C37H46N12O16/c45-22-8-4-20(5-9-22)36(65)47-14-2-1-3-25(42(71)72)53-39(68)28(16-32(61)62)55-40(69)29(17-33(63)64)54-38(67)27(15-31(59)60)51-30(58)13-12-26(43(73)74)52-37(66)21-6-10-23(11-7-21)48-18-24-19-49-35-34(50-24)41(70)57-44(46)56-35;38-10-2-1-3-19(35(62)63)45-32(59)22(12-26(53)54)47-33(60)23(13-27(55)56)46-31(58)21(11-25(51)52)43-24(50)9-8-20(36(64)65)44-30(57)16-4-6-17(7-5-16)40-14-18-15-41-29-28(42-18)34(61)49-37(39)48-29/h4-11,19,25-29,48H,1-3,12-18H2,(H,47,65)(H,51,58)(H,52,66)(H,53,68)(H,54,67)(H,55,69)(H,59,60)(H,61,62)(H,63,64)(H,71,72)(H,73,74)(H3,46,49,56,57,70);4-7,15,19-23,40H,1-3,8-14,38H2,(H,43,50)(H,44,57)(H,45,59)(H,46,58)(H,47,60)(H,51,52)(H,53,54)(H,55,56)(H,62,63)(H,64,65)(H3,39,41,48,49,61). The number of rotatable bonds is 56. The molecule has 11 amide bonds. The maximum absolute atomic E-state index is 13.4. The number of hydrogen-bond donors (Lipinski definition) is 28. The lowest BCUT2D eigenvalue weighted by atomic mass is 10.1. The van der Waals surface area contributed by atoms with E-state index in [0.717, 1.165) is 12.1 Å². The number of anilines is 4. The number of carboxylic acids is 10. The van der Waals surface area contributed by atoms with Crippen molar-refractivity contribution in [2.45, 2.75) is 176 Å². The maximum Gasteiger partial charge on any atom is 0.326 e. The van der Waals surface area contributed by atoms with Crippen LogP contribution in [0, 0.1) is 5.82 Å². The van der Waals surface area contributed by atoms with E-state index in [2.05, 4.69) is 77.1 Å². The Hall–Kier alpha value is -17.9. The van der Waals surface area contributed by atoms with E-state index in [1.165, 1.54) is 73.1 Å². The van der Waals surface area contributed by atoms with Crippen molar-refractivity contribution in [2.75, 3.05) is 35.2 Å². The number of nitrogens with one attached hydrogen (secondary N) is 15. The lowest BCUT2D eigenvalue weighted by molar-refractivity contribution is -0.145. The molecule has 31 N–H and O–H groups in total. The summed E-state index contributed by atoms with van der Waals surface area (Å²) in [6, 6.07) is -3.06. The summed E-state index contributed by atoms with van der Waals surface area (Å²) in [7, 11) is 0. The van der Waals surface area contributed by atoms with E-state index in [4.69, 9.17) is 17.2 Å². The van der Waals surface area contributed by atoms with Gasteiger partial charge >= 0.3 is 59.7 Å². The number of benzene rings is 3. The summed E-state index contributed by atoms with van der Waals surface area (Å²) in [5.74, 6) is -30.2. The Morgan fingerprint density at radius 1 is 0.338 bits per heavy atom. The van der Waals surface area contributed by atoms with Crippen LogP contribution in [0.25, 0.3) is 22.3 Å². The van der Waals surface area contributed by atoms with Crippen molar-refractivity contribution in [1.82, 2.24) is 98.4 Å². The average Bonchev–Trinajstić information content (AvgIpc) is 0.810. The van der Waals surface area contributed by atoms with Gasteiger partial charge < -0.3 is 137 Å². The highest BCUT2D eigenvalue weighted by atomic mass is 19.1. The van der Waals surface area contributed by atoms with Crippen molar-refractivity contribution in [3.63, 3.8) is 0 Å². The lowest BCUT2D eigenvalue weighted by Gasteiger charge is -2.24. The van der Waals surface area contributed by atoms with E-state index in [-0.39, 0.29) is 109 Å². The number of aliphatic carboxylic acids is 10. The number of aromatic nitrogens is 8. The van der Waals surface area contributed by atoms with E-state index in [9.17, 15) is 166 Å². The highest BCUT2D eigenvalue weighted by molar-refractivity contribution is 6.02. The summed E-state index contributed by atoms with van der Waals surface area (Å²) in [6.45, 7) is 0.433. The molecule has 4 aromatic heterocycles. The fourth-order valence-electron chi connectivity index (χ4n) is 12.4. The van der Waals surface area contributed by atoms with E-state index in [1.54, 1.807) is 0 Å². The number of aromatic amines is 2. The third-order valence-electron chi connectivity index (χ3n) is 19.3. The molecule has 57 nitrogen and oxygen atoms in total. The minimum atomic E-state index is -2.17. The van der Waals surface area contributed by atoms with Crippen molar-refractivity contribution in [1.29, 1.82) is 0 Å². The minimum Gasteiger partial charge on any atom is -0.481 e. The molecule has 3 aromatic carbocycles. The molecule has 0 aliphatic carbocycles. The fraction of sp³-hybridized carbons (Fsp3) is 0.370. The molecule has 0 radical (unpaired) electrons. The van der Waals surface area contributed by atoms with Gasteiger partial charge in [0.2, 0.25) is 59.2 Å². The maximum atomic E-state index is 13.4. The summed E-state index contributed by atoms with van der Waals surface area (Å²) < 4.78 is 13.2. The van der Waals surface area contributed by atoms with Crippen molar-refractivity contribution < 1.29 is 156 Å². The predicted octanol–water partition coefficient (Wildman–Crippen LogP) is -5.49. The highest BCUT2D eigenvalue weighted by Crippen LogP contribution is 2.18. The number of fused-ring (bicyclic) bond motifs is 2. The molecule has 0 saturated carbocycles. The molecule has 139 heavy (non-hydrogen) atoms. The van der Waals surface area contributed by atoms with Crippen LogP contribution in [-0.2, 0) is 99.4 Å². The molecule has 58 heteroatoms. The van der Waals surface area contributed by atoms with Crippen LogP contribution in [0.15, 0.2) is 94.8 Å². The summed E-state index contributed by atoms with van der Waals surface area (Å²) in [6.07, 6.45) is -6.45. The zero-order valence-electron chi connectivity index (χ0n) is 72.7. The Kier molecular flexibility index (Phi) is 42.4. The number of carbonyl (C=O) groups excluding carboxylic acids is 11. The number of amides is 11. The molecular weight excluding hydrogens is 1860 g/mol. The van der Waals surface area contributed by atoms with Gasteiger partial charge in [-0.15, -0.1) is 0 Å². The second kappa shape index (κ2) is 53.7. The normalized spacial score (nSPS) is 13.0. The van der Waals surface area contributed by atoms with Gasteiger partial charge in [0.1, 0.15) is 66.2 Å². The largest absolute Gasteiger partial charge is 0.481 e. The average molecular weight is 1950 g/mol. The van der Waals surface area contributed by atoms with Crippen molar-refractivity contribution in [2.24, 2.45) is 5.73 Å². The van der Waals surface area contributed by atoms with E-state index < -0.39 is 266 Å². The van der Waals surface area contributed by atoms with Gasteiger partial charge in [-0.25, -0.2) is 43.5 Å². The predicted molar refractivity (Wildman–Crippen MR) is 468 cm³/mol. The monoisotopic (exact) mass is 1950 g/mol. The van der Waals surface area contributed by atoms with Crippen LogP contribution in [0.3, 0.4) is 0 Å².